The average molecular weight is 458 g/mol. The van der Waals surface area contributed by atoms with Gasteiger partial charge in [-0.15, -0.1) is 0 Å². The molecule has 30 heavy (non-hydrogen) atoms. The fourth-order valence-electron chi connectivity index (χ4n) is 4.56. The molecule has 2 aliphatic rings. The highest BCUT2D eigenvalue weighted by atomic mass is 35.5. The van der Waals surface area contributed by atoms with Crippen LogP contribution in [-0.4, -0.2) is 21.0 Å². The maximum absolute atomic E-state index is 6.37. The van der Waals surface area contributed by atoms with Crippen molar-refractivity contribution in [3.63, 3.8) is 0 Å². The Morgan fingerprint density at radius 3 is 2.60 bits per heavy atom. The van der Waals surface area contributed by atoms with Gasteiger partial charge in [-0.2, -0.15) is 0 Å². The minimum atomic E-state index is -0.0629. The summed E-state index contributed by atoms with van der Waals surface area (Å²) in [5.41, 5.74) is 1.85. The van der Waals surface area contributed by atoms with Crippen molar-refractivity contribution in [3.05, 3.63) is 76.2 Å². The van der Waals surface area contributed by atoms with Crippen LogP contribution in [-0.2, 0) is 0 Å². The molecule has 2 aromatic heterocycles. The Bertz CT molecular complexity index is 1070. The third-order valence-corrected chi connectivity index (χ3v) is 7.04. The van der Waals surface area contributed by atoms with E-state index in [4.69, 9.17) is 39.8 Å². The van der Waals surface area contributed by atoms with Crippen molar-refractivity contribution < 1.29 is 4.42 Å². The normalized spacial score (nSPS) is 21.9. The maximum atomic E-state index is 6.37. The van der Waals surface area contributed by atoms with Crippen LogP contribution >= 0.6 is 35.4 Å². The molecule has 0 amide bonds. The average Bonchev–Trinajstić information content (AvgIpc) is 3.50. The quantitative estimate of drug-likeness (QED) is 0.448. The molecule has 1 aliphatic carbocycles. The number of nitrogens with zero attached hydrogens (tertiary/aromatic N) is 2. The summed E-state index contributed by atoms with van der Waals surface area (Å²) in [5.74, 6) is 1.62. The highest BCUT2D eigenvalue weighted by molar-refractivity contribution is 7.80. The summed E-state index contributed by atoms with van der Waals surface area (Å²) in [6, 6.07) is 15.8. The van der Waals surface area contributed by atoms with Gasteiger partial charge in [0, 0.05) is 17.8 Å². The molecule has 7 heteroatoms. The molecule has 2 atom stereocenters. The molecule has 0 spiro atoms. The van der Waals surface area contributed by atoms with Gasteiger partial charge < -0.3 is 14.6 Å². The molecule has 1 saturated heterocycles. The second-order valence-corrected chi connectivity index (χ2v) is 9.00. The lowest BCUT2D eigenvalue weighted by atomic mass is 10.0. The van der Waals surface area contributed by atoms with Crippen LogP contribution in [0.25, 0.3) is 11.3 Å². The smallest absolute Gasteiger partial charge is 0.170 e. The number of hydrogen-bond acceptors (Lipinski definition) is 3. The highest BCUT2D eigenvalue weighted by Crippen LogP contribution is 2.44. The van der Waals surface area contributed by atoms with Crippen molar-refractivity contribution in [3.8, 4) is 11.3 Å². The number of aromatic nitrogens is 1. The van der Waals surface area contributed by atoms with Crippen molar-refractivity contribution in [2.75, 3.05) is 0 Å². The first-order valence-electron chi connectivity index (χ1n) is 10.2. The third kappa shape index (κ3) is 3.59. The molecule has 1 N–H and O–H groups in total. The zero-order valence-electron chi connectivity index (χ0n) is 16.2. The molecule has 1 saturated carbocycles. The molecule has 0 unspecified atom stereocenters. The maximum Gasteiger partial charge on any atom is 0.170 e. The van der Waals surface area contributed by atoms with E-state index in [1.165, 1.54) is 12.8 Å². The third-order valence-electron chi connectivity index (χ3n) is 5.98. The number of pyridine rings is 1. The number of halogens is 2. The van der Waals surface area contributed by atoms with Gasteiger partial charge in [0.2, 0.25) is 0 Å². The van der Waals surface area contributed by atoms with Crippen LogP contribution in [0, 0.1) is 0 Å². The van der Waals surface area contributed by atoms with Gasteiger partial charge in [0.25, 0.3) is 0 Å². The molecule has 0 bridgehead atoms. The van der Waals surface area contributed by atoms with E-state index < -0.39 is 0 Å². The molecule has 5 rings (SSSR count). The van der Waals surface area contributed by atoms with Crippen molar-refractivity contribution in [1.82, 2.24) is 15.2 Å². The predicted octanol–water partition coefficient (Wildman–Crippen LogP) is 6.56. The SMILES string of the molecule is S=C1N[C@H](c2ccccn2)[C@@H](c2ccc(-c3ccc(Cl)c(Cl)c3)o2)N1C1CCCC1. The fraction of sp³-hybridized carbons (Fsp3) is 0.304. The van der Waals surface area contributed by atoms with E-state index in [9.17, 15) is 0 Å². The zero-order chi connectivity index (χ0) is 20.7. The Labute approximate surface area is 191 Å². The monoisotopic (exact) mass is 457 g/mol. The summed E-state index contributed by atoms with van der Waals surface area (Å²) in [7, 11) is 0. The predicted molar refractivity (Wildman–Crippen MR) is 124 cm³/mol. The first-order valence-corrected chi connectivity index (χ1v) is 11.3. The highest BCUT2D eigenvalue weighted by Gasteiger charge is 2.45. The van der Waals surface area contributed by atoms with Crippen molar-refractivity contribution in [2.24, 2.45) is 0 Å². The standard InChI is InChI=1S/C23H21Cl2N3OS/c24-16-9-8-14(13-17(16)25)19-10-11-20(29-19)22-21(18-7-3-4-12-26-18)27-23(30)28(22)15-5-1-2-6-15/h3-4,7-13,15,21-22H,1-2,5-6H2,(H,27,30)/t21-,22-/m1/s1. The van der Waals surface area contributed by atoms with Crippen LogP contribution in [0.5, 0.6) is 0 Å². The Kier molecular flexibility index (Phi) is 5.44. The first kappa shape index (κ1) is 19.9. The molecule has 2 fully saturated rings. The second kappa shape index (κ2) is 8.22. The van der Waals surface area contributed by atoms with E-state index in [0.29, 0.717) is 16.1 Å². The zero-order valence-corrected chi connectivity index (χ0v) is 18.6. The van der Waals surface area contributed by atoms with Gasteiger partial charge >= 0.3 is 0 Å². The minimum Gasteiger partial charge on any atom is -0.459 e. The first-order chi connectivity index (χ1) is 14.6. The van der Waals surface area contributed by atoms with Crippen molar-refractivity contribution in [2.45, 2.75) is 43.8 Å². The summed E-state index contributed by atoms with van der Waals surface area (Å²) < 4.78 is 6.37. The summed E-state index contributed by atoms with van der Waals surface area (Å²) in [4.78, 5) is 6.93. The summed E-state index contributed by atoms with van der Waals surface area (Å²) in [6.07, 6.45) is 6.58. The van der Waals surface area contributed by atoms with Gasteiger partial charge in [-0.1, -0.05) is 42.1 Å². The molecular weight excluding hydrogens is 437 g/mol. The van der Waals surface area contributed by atoms with Gasteiger partial charge in [0.1, 0.15) is 17.6 Å². The van der Waals surface area contributed by atoms with Crippen LogP contribution in [0.3, 0.4) is 0 Å². The summed E-state index contributed by atoms with van der Waals surface area (Å²) in [6.45, 7) is 0. The Morgan fingerprint density at radius 2 is 1.87 bits per heavy atom. The molecule has 3 aromatic rings. The Hall–Kier alpha value is -2.08. The van der Waals surface area contributed by atoms with E-state index >= 15 is 0 Å². The summed E-state index contributed by atoms with van der Waals surface area (Å²) in [5, 5.41) is 5.32. The van der Waals surface area contributed by atoms with E-state index in [-0.39, 0.29) is 12.1 Å². The molecule has 0 radical (unpaired) electrons. The molecule has 1 aromatic carbocycles. The van der Waals surface area contributed by atoms with Crippen LogP contribution in [0.15, 0.2) is 59.1 Å². The van der Waals surface area contributed by atoms with E-state index in [1.807, 2.05) is 48.7 Å². The molecule has 3 heterocycles. The van der Waals surface area contributed by atoms with E-state index in [1.54, 1.807) is 6.07 Å². The number of furan rings is 1. The molecular formula is C23H21Cl2N3OS. The topological polar surface area (TPSA) is 41.3 Å². The van der Waals surface area contributed by atoms with Gasteiger partial charge in [0.05, 0.1) is 21.8 Å². The number of nitrogens with one attached hydrogen (secondary N) is 1. The fourth-order valence-corrected chi connectivity index (χ4v) is 5.25. The molecule has 1 aliphatic heterocycles. The van der Waals surface area contributed by atoms with Gasteiger partial charge in [-0.3, -0.25) is 4.98 Å². The Balaban J connectivity index is 1.54. The van der Waals surface area contributed by atoms with E-state index in [2.05, 4.69) is 15.2 Å². The van der Waals surface area contributed by atoms with Crippen molar-refractivity contribution >= 4 is 40.5 Å². The van der Waals surface area contributed by atoms with Gasteiger partial charge in [0.15, 0.2) is 5.11 Å². The van der Waals surface area contributed by atoms with Crippen LogP contribution in [0.4, 0.5) is 0 Å². The van der Waals surface area contributed by atoms with Gasteiger partial charge in [-0.05, 0) is 67.5 Å². The van der Waals surface area contributed by atoms with Crippen molar-refractivity contribution in [1.29, 1.82) is 0 Å². The number of hydrogen-bond donors (Lipinski definition) is 1. The molecule has 154 valence electrons. The largest absolute Gasteiger partial charge is 0.459 e. The minimum absolute atomic E-state index is 0.0491. The summed E-state index contributed by atoms with van der Waals surface area (Å²) >= 11 is 18.1. The number of thiocarbonyl (C=S) groups is 1. The lowest BCUT2D eigenvalue weighted by Crippen LogP contribution is -2.37. The van der Waals surface area contributed by atoms with Crippen LogP contribution in [0.1, 0.15) is 49.2 Å². The lowest BCUT2D eigenvalue weighted by Gasteiger charge is -2.31. The Morgan fingerprint density at radius 1 is 1.03 bits per heavy atom. The number of rotatable bonds is 4. The molecule has 4 nitrogen and oxygen atoms in total. The lowest BCUT2D eigenvalue weighted by molar-refractivity contribution is 0.218. The van der Waals surface area contributed by atoms with Gasteiger partial charge in [-0.25, -0.2) is 0 Å². The van der Waals surface area contributed by atoms with E-state index in [0.717, 1.165) is 40.7 Å². The number of benzene rings is 1. The van der Waals surface area contributed by atoms with Crippen LogP contribution in [0.2, 0.25) is 10.0 Å². The second-order valence-electron chi connectivity index (χ2n) is 7.80. The van der Waals surface area contributed by atoms with Crippen LogP contribution < -0.4 is 5.32 Å².